The first-order valence-electron chi connectivity index (χ1n) is 16.1. The second-order valence-electron chi connectivity index (χ2n) is 12.6. The highest BCUT2D eigenvalue weighted by Crippen LogP contribution is 2.43. The zero-order valence-electron chi connectivity index (χ0n) is 25.6. The molecule has 0 fully saturated rings. The van der Waals surface area contributed by atoms with Crippen molar-refractivity contribution >= 4 is 80.8 Å². The lowest BCUT2D eigenvalue weighted by atomic mass is 9.80. The smallest absolute Gasteiger partial charge is 0.246 e. The van der Waals surface area contributed by atoms with Crippen molar-refractivity contribution in [3.8, 4) is 11.3 Å². The van der Waals surface area contributed by atoms with Crippen molar-refractivity contribution in [3.63, 3.8) is 0 Å². The Kier molecular flexibility index (Phi) is 5.78. The Hall–Kier alpha value is -5.58. The third-order valence-corrected chi connectivity index (χ3v) is 11.1. The predicted molar refractivity (Wildman–Crippen MR) is 198 cm³/mol. The lowest BCUT2D eigenvalue weighted by molar-refractivity contribution is 0.637. The summed E-state index contributed by atoms with van der Waals surface area (Å²) < 4.78 is 9.21. The van der Waals surface area contributed by atoms with Gasteiger partial charge in [0.25, 0.3) is 0 Å². The van der Waals surface area contributed by atoms with Gasteiger partial charge in [0.1, 0.15) is 11.1 Å². The summed E-state index contributed by atoms with van der Waals surface area (Å²) in [6, 6.07) is 41.1. The molecule has 0 amide bonds. The molecule has 1 aliphatic carbocycles. The molecule has 4 heteroatoms. The fourth-order valence-corrected chi connectivity index (χ4v) is 8.77. The third-order valence-electron chi connectivity index (χ3n) is 9.85. The lowest BCUT2D eigenvalue weighted by Gasteiger charge is -2.24. The summed E-state index contributed by atoms with van der Waals surface area (Å²) in [4.78, 5) is 10.0. The molecule has 9 aromatic rings. The van der Waals surface area contributed by atoms with E-state index in [1.165, 1.54) is 47.6 Å². The zero-order chi connectivity index (χ0) is 31.1. The van der Waals surface area contributed by atoms with Gasteiger partial charge in [-0.2, -0.15) is 0 Å². The first kappa shape index (κ1) is 26.6. The maximum atomic E-state index is 6.53. The Bertz CT molecular complexity index is 2780. The number of furan rings is 1. The van der Waals surface area contributed by atoms with Crippen molar-refractivity contribution in [1.82, 2.24) is 9.97 Å². The molecule has 0 saturated heterocycles. The maximum absolute atomic E-state index is 6.53. The molecule has 0 bridgehead atoms. The van der Waals surface area contributed by atoms with Gasteiger partial charge in [-0.05, 0) is 50.9 Å². The minimum absolute atomic E-state index is 0.236. The number of fused-ring (bicyclic) bond motifs is 11. The number of aromatic nitrogens is 2. The number of nitrogens with zero attached hydrogens (tertiary/aromatic N) is 2. The van der Waals surface area contributed by atoms with Gasteiger partial charge in [-0.3, -0.25) is 0 Å². The maximum Gasteiger partial charge on any atom is 0.246 e. The van der Waals surface area contributed by atoms with Gasteiger partial charge < -0.3 is 4.42 Å². The molecule has 0 spiro atoms. The molecule has 0 N–H and O–H groups in total. The van der Waals surface area contributed by atoms with E-state index in [4.69, 9.17) is 14.4 Å². The molecule has 10 rings (SSSR count). The monoisotopic (exact) mass is 620 g/mol. The van der Waals surface area contributed by atoms with E-state index in [-0.39, 0.29) is 5.92 Å². The van der Waals surface area contributed by atoms with Crippen LogP contribution >= 0.6 is 11.3 Å². The minimum Gasteiger partial charge on any atom is -0.436 e. The molecule has 0 saturated carbocycles. The Balaban J connectivity index is 1.08. The van der Waals surface area contributed by atoms with E-state index >= 15 is 0 Å². The number of benzene rings is 6. The standard InChI is InChI=1S/C43H28N2OS/c1-25-20-21-27(29-17-9-18-35-32-14-6-7-19-38(32)47-42(29)35)23-36(25)26-10-8-11-28(22-26)37-24-44-40-39-33-15-4-2-12-30(33)31-13-3-5-16-34(31)41(39)46-43(40)45-37/h2-25,36H,1H3. The van der Waals surface area contributed by atoms with Gasteiger partial charge in [-0.1, -0.05) is 128 Å². The van der Waals surface area contributed by atoms with Crippen LogP contribution in [0.3, 0.4) is 0 Å². The highest BCUT2D eigenvalue weighted by molar-refractivity contribution is 7.26. The molecule has 3 nitrogen and oxygen atoms in total. The average molecular weight is 621 g/mol. The number of allylic oxidation sites excluding steroid dienone is 4. The van der Waals surface area contributed by atoms with Crippen LogP contribution in [0.15, 0.2) is 144 Å². The molecule has 6 aromatic carbocycles. The molecular formula is C43H28N2OS. The Morgan fingerprint density at radius 1 is 0.702 bits per heavy atom. The number of thiophene rings is 1. The highest BCUT2D eigenvalue weighted by Gasteiger charge is 2.23. The van der Waals surface area contributed by atoms with Gasteiger partial charge in [-0.15, -0.1) is 11.3 Å². The summed E-state index contributed by atoms with van der Waals surface area (Å²) in [5.41, 5.74) is 7.90. The van der Waals surface area contributed by atoms with Crippen LogP contribution in [-0.4, -0.2) is 9.97 Å². The van der Waals surface area contributed by atoms with Crippen molar-refractivity contribution in [3.05, 3.63) is 151 Å². The fourth-order valence-electron chi connectivity index (χ4n) is 7.54. The van der Waals surface area contributed by atoms with Crippen LogP contribution in [0.5, 0.6) is 0 Å². The van der Waals surface area contributed by atoms with Gasteiger partial charge in [0.2, 0.25) is 5.71 Å². The van der Waals surface area contributed by atoms with Crippen LogP contribution in [0.25, 0.3) is 80.7 Å². The minimum atomic E-state index is 0.236. The van der Waals surface area contributed by atoms with Crippen LogP contribution < -0.4 is 0 Å². The highest BCUT2D eigenvalue weighted by atomic mass is 32.1. The summed E-state index contributed by atoms with van der Waals surface area (Å²) in [5.74, 6) is 0.598. The molecule has 47 heavy (non-hydrogen) atoms. The van der Waals surface area contributed by atoms with Crippen molar-refractivity contribution in [2.75, 3.05) is 0 Å². The molecule has 2 unspecified atom stereocenters. The SMILES string of the molecule is CC1C=CC(c2cccc3c2sc2ccccc23)=CC1c1cccc(-c2cnc3c(n2)oc2c4ccccc4c4ccccc4c32)c1. The summed E-state index contributed by atoms with van der Waals surface area (Å²) in [7, 11) is 0. The molecule has 0 aliphatic heterocycles. The summed E-state index contributed by atoms with van der Waals surface area (Å²) in [6.07, 6.45) is 9.01. The van der Waals surface area contributed by atoms with E-state index in [2.05, 4.69) is 140 Å². The van der Waals surface area contributed by atoms with E-state index in [0.717, 1.165) is 38.5 Å². The quantitative estimate of drug-likeness (QED) is 0.184. The number of hydrogen-bond donors (Lipinski definition) is 0. The zero-order valence-corrected chi connectivity index (χ0v) is 26.5. The second-order valence-corrected chi connectivity index (χ2v) is 13.6. The average Bonchev–Trinajstić information content (AvgIpc) is 3.71. The Labute approximate surface area is 275 Å². The van der Waals surface area contributed by atoms with Crippen molar-refractivity contribution < 1.29 is 4.42 Å². The third kappa shape index (κ3) is 4.05. The van der Waals surface area contributed by atoms with E-state index in [9.17, 15) is 0 Å². The van der Waals surface area contributed by atoms with Gasteiger partial charge in [0, 0.05) is 37.0 Å². The van der Waals surface area contributed by atoms with Gasteiger partial charge in [-0.25, -0.2) is 9.97 Å². The van der Waals surface area contributed by atoms with Crippen LogP contribution in [0.2, 0.25) is 0 Å². The molecule has 2 atom stereocenters. The van der Waals surface area contributed by atoms with E-state index in [1.807, 2.05) is 17.5 Å². The molecule has 1 aliphatic rings. The largest absolute Gasteiger partial charge is 0.436 e. The van der Waals surface area contributed by atoms with E-state index < -0.39 is 0 Å². The van der Waals surface area contributed by atoms with Gasteiger partial charge in [0.15, 0.2) is 0 Å². The van der Waals surface area contributed by atoms with E-state index in [0.29, 0.717) is 11.6 Å². The topological polar surface area (TPSA) is 38.9 Å². The fraction of sp³-hybridized carbons (Fsp3) is 0.0698. The van der Waals surface area contributed by atoms with Crippen molar-refractivity contribution in [2.24, 2.45) is 5.92 Å². The Morgan fingerprint density at radius 3 is 2.30 bits per heavy atom. The predicted octanol–water partition coefficient (Wildman–Crippen LogP) is 12.1. The van der Waals surface area contributed by atoms with Crippen LogP contribution in [0.1, 0.15) is 24.0 Å². The van der Waals surface area contributed by atoms with Gasteiger partial charge in [0.05, 0.1) is 17.3 Å². The van der Waals surface area contributed by atoms with Crippen molar-refractivity contribution in [2.45, 2.75) is 12.8 Å². The first-order chi connectivity index (χ1) is 23.2. The Morgan fingerprint density at radius 2 is 1.43 bits per heavy atom. The number of hydrogen-bond acceptors (Lipinski definition) is 4. The van der Waals surface area contributed by atoms with Crippen LogP contribution in [0.4, 0.5) is 0 Å². The second kappa shape index (κ2) is 10.2. The van der Waals surface area contributed by atoms with Crippen LogP contribution in [-0.2, 0) is 0 Å². The summed E-state index contributed by atoms with van der Waals surface area (Å²) in [6.45, 7) is 2.30. The van der Waals surface area contributed by atoms with E-state index in [1.54, 1.807) is 0 Å². The normalized spacial score (nSPS) is 16.7. The van der Waals surface area contributed by atoms with Crippen LogP contribution in [0, 0.1) is 5.92 Å². The number of rotatable bonds is 3. The molecule has 0 radical (unpaired) electrons. The first-order valence-corrected chi connectivity index (χ1v) is 16.9. The molecule has 3 heterocycles. The summed E-state index contributed by atoms with van der Waals surface area (Å²) in [5, 5.41) is 8.27. The van der Waals surface area contributed by atoms with Gasteiger partial charge >= 0.3 is 0 Å². The van der Waals surface area contributed by atoms with Crippen molar-refractivity contribution in [1.29, 1.82) is 0 Å². The molecule has 3 aromatic heterocycles. The molecule has 222 valence electrons. The summed E-state index contributed by atoms with van der Waals surface area (Å²) >= 11 is 1.88. The molecular weight excluding hydrogens is 593 g/mol. The lowest BCUT2D eigenvalue weighted by Crippen LogP contribution is -2.09.